The van der Waals surface area contributed by atoms with Crippen LogP contribution in [0.15, 0.2) is 72.8 Å². The summed E-state index contributed by atoms with van der Waals surface area (Å²) in [6.07, 6.45) is 0.109. The Balaban J connectivity index is 1.66. The van der Waals surface area contributed by atoms with E-state index in [1.54, 1.807) is 39.8 Å². The fourth-order valence-corrected chi connectivity index (χ4v) is 4.92. The fourth-order valence-electron chi connectivity index (χ4n) is 4.92. The van der Waals surface area contributed by atoms with Crippen LogP contribution in [0.5, 0.6) is 5.75 Å². The largest absolute Gasteiger partial charge is 0.508 e. The summed E-state index contributed by atoms with van der Waals surface area (Å²) in [5, 5.41) is 18.3. The smallest absolute Gasteiger partial charge is 0.408 e. The first-order chi connectivity index (χ1) is 19.8. The van der Waals surface area contributed by atoms with Crippen molar-refractivity contribution in [3.8, 4) is 5.75 Å². The number of phenols is 1. The normalized spacial score (nSPS) is 12.7. The summed E-state index contributed by atoms with van der Waals surface area (Å²) < 4.78 is 5.39. The molecule has 0 fully saturated rings. The number of aryl methyl sites for hydroxylation is 2. The number of carbonyl (C=O) groups excluding carboxylic acids is 3. The first-order valence-electron chi connectivity index (χ1n) is 14.3. The number of amides is 3. The monoisotopic (exact) mass is 573 g/mol. The van der Waals surface area contributed by atoms with E-state index in [0.29, 0.717) is 13.0 Å². The number of benzene rings is 3. The zero-order chi connectivity index (χ0) is 30.9. The predicted molar refractivity (Wildman–Crippen MR) is 164 cm³/mol. The summed E-state index contributed by atoms with van der Waals surface area (Å²) in [5.41, 5.74) is 3.96. The van der Waals surface area contributed by atoms with Gasteiger partial charge in [0.15, 0.2) is 0 Å². The third-order valence-corrected chi connectivity index (χ3v) is 6.98. The second-order valence-corrected chi connectivity index (χ2v) is 11.6. The molecule has 42 heavy (non-hydrogen) atoms. The molecule has 3 aromatic carbocycles. The molecule has 0 bridgehead atoms. The van der Waals surface area contributed by atoms with Gasteiger partial charge in [0.25, 0.3) is 0 Å². The lowest BCUT2D eigenvalue weighted by Crippen LogP contribution is -2.54. The lowest BCUT2D eigenvalue weighted by Gasteiger charge is -2.25. The minimum absolute atomic E-state index is 0.108. The van der Waals surface area contributed by atoms with E-state index in [4.69, 9.17) is 4.74 Å². The number of hydrogen-bond donors (Lipinski definition) is 4. The van der Waals surface area contributed by atoms with E-state index in [-0.39, 0.29) is 24.0 Å². The number of nitrogens with one attached hydrogen (secondary N) is 3. The van der Waals surface area contributed by atoms with Crippen LogP contribution in [0.3, 0.4) is 0 Å². The maximum absolute atomic E-state index is 13.4. The van der Waals surface area contributed by atoms with Crippen molar-refractivity contribution in [3.05, 3.63) is 101 Å². The summed E-state index contributed by atoms with van der Waals surface area (Å²) in [6.45, 7) is 10.9. The lowest BCUT2D eigenvalue weighted by atomic mass is 9.88. The van der Waals surface area contributed by atoms with Crippen LogP contribution in [0.1, 0.15) is 67.9 Å². The molecule has 0 radical (unpaired) electrons. The van der Waals surface area contributed by atoms with E-state index in [0.717, 1.165) is 27.8 Å². The number of hydrogen-bond acceptors (Lipinski definition) is 5. The highest BCUT2D eigenvalue weighted by atomic mass is 16.6. The molecule has 0 aromatic heterocycles. The van der Waals surface area contributed by atoms with Gasteiger partial charge in [0.05, 0.1) is 0 Å². The van der Waals surface area contributed by atoms with Crippen LogP contribution in [0.4, 0.5) is 4.79 Å². The van der Waals surface area contributed by atoms with Crippen LogP contribution in [0.2, 0.25) is 0 Å². The highest BCUT2D eigenvalue weighted by molar-refractivity contribution is 5.91. The lowest BCUT2D eigenvalue weighted by molar-refractivity contribution is -0.129. The molecule has 0 aliphatic carbocycles. The Bertz CT molecular complexity index is 1290. The van der Waals surface area contributed by atoms with Gasteiger partial charge in [-0.15, -0.1) is 0 Å². The van der Waals surface area contributed by atoms with Crippen LogP contribution in [0.25, 0.3) is 0 Å². The molecule has 0 spiro atoms. The van der Waals surface area contributed by atoms with E-state index in [1.807, 2.05) is 50.2 Å². The van der Waals surface area contributed by atoms with Crippen LogP contribution in [-0.2, 0) is 20.7 Å². The number of rotatable bonds is 11. The Labute approximate surface area is 248 Å². The second-order valence-electron chi connectivity index (χ2n) is 11.6. The highest BCUT2D eigenvalue weighted by Gasteiger charge is 2.28. The van der Waals surface area contributed by atoms with Crippen molar-refractivity contribution < 1.29 is 24.2 Å². The second kappa shape index (κ2) is 14.5. The van der Waals surface area contributed by atoms with E-state index >= 15 is 0 Å². The summed E-state index contributed by atoms with van der Waals surface area (Å²) in [7, 11) is 0. The quantitative estimate of drug-likeness (QED) is 0.249. The Morgan fingerprint density at radius 1 is 0.833 bits per heavy atom. The molecule has 3 amide bonds. The maximum Gasteiger partial charge on any atom is 0.408 e. The molecule has 8 heteroatoms. The zero-order valence-corrected chi connectivity index (χ0v) is 25.4. The summed E-state index contributed by atoms with van der Waals surface area (Å²) in [4.78, 5) is 39.0. The van der Waals surface area contributed by atoms with Gasteiger partial charge in [0, 0.05) is 18.9 Å². The molecule has 3 rings (SSSR count). The molecule has 0 saturated carbocycles. The number of carbonyl (C=O) groups is 3. The molecular formula is C34H43N3O5. The maximum atomic E-state index is 13.4. The molecule has 8 nitrogen and oxygen atoms in total. The summed E-state index contributed by atoms with van der Waals surface area (Å²) in [6, 6.07) is 21.7. The zero-order valence-electron chi connectivity index (χ0n) is 25.4. The van der Waals surface area contributed by atoms with Crippen molar-refractivity contribution in [3.63, 3.8) is 0 Å². The molecule has 224 valence electrons. The molecule has 4 N–H and O–H groups in total. The van der Waals surface area contributed by atoms with E-state index in [1.165, 1.54) is 0 Å². The first-order valence-corrected chi connectivity index (χ1v) is 14.3. The highest BCUT2D eigenvalue weighted by Crippen LogP contribution is 2.27. The summed E-state index contributed by atoms with van der Waals surface area (Å²) in [5.74, 6) is -0.600. The SMILES string of the molecule is Cc1cc(O)cc(C)c1CC(NC(=O)OC(C)(C)C)C(=O)N[C@H](C)C(=O)NCCC(c1ccccc1)c1ccccc1. The molecule has 0 aliphatic heterocycles. The topological polar surface area (TPSA) is 117 Å². The van der Waals surface area contributed by atoms with Gasteiger partial charge in [-0.1, -0.05) is 60.7 Å². The first kappa shape index (κ1) is 32.2. The van der Waals surface area contributed by atoms with E-state index in [2.05, 4.69) is 40.2 Å². The number of aromatic hydroxyl groups is 1. The van der Waals surface area contributed by atoms with Crippen molar-refractivity contribution in [1.29, 1.82) is 0 Å². The van der Waals surface area contributed by atoms with Crippen LogP contribution < -0.4 is 16.0 Å². The Morgan fingerprint density at radius 2 is 1.36 bits per heavy atom. The Kier molecular flexibility index (Phi) is 11.1. The van der Waals surface area contributed by atoms with Gasteiger partial charge in [0.1, 0.15) is 23.4 Å². The van der Waals surface area contributed by atoms with Gasteiger partial charge in [-0.25, -0.2) is 4.79 Å². The molecule has 3 aromatic rings. The third-order valence-electron chi connectivity index (χ3n) is 6.98. The van der Waals surface area contributed by atoms with Gasteiger partial charge < -0.3 is 25.8 Å². The van der Waals surface area contributed by atoms with E-state index < -0.39 is 29.7 Å². The fraction of sp³-hybridized carbons (Fsp3) is 0.382. The van der Waals surface area contributed by atoms with Crippen LogP contribution in [0, 0.1) is 13.8 Å². The van der Waals surface area contributed by atoms with Gasteiger partial charge >= 0.3 is 6.09 Å². The predicted octanol–water partition coefficient (Wildman–Crippen LogP) is 5.29. The standard InChI is InChI=1S/C34H43N3O5/c1-22-19-27(38)20-23(2)29(22)21-30(37-33(41)42-34(4,5)6)32(40)36-24(3)31(39)35-18-17-28(25-13-9-7-10-14-25)26-15-11-8-12-16-26/h7-16,19-20,24,28,30,38H,17-18,21H2,1-6H3,(H,35,39)(H,36,40)(H,37,41)/t24-,30?/m1/s1. The minimum Gasteiger partial charge on any atom is -0.508 e. The molecule has 0 heterocycles. The number of phenolic OH excluding ortho intramolecular Hbond substituents is 1. The molecule has 0 aliphatic rings. The van der Waals surface area contributed by atoms with Gasteiger partial charge in [-0.05, 0) is 87.9 Å². The molecule has 2 atom stereocenters. The Morgan fingerprint density at radius 3 is 1.86 bits per heavy atom. The van der Waals surface area contributed by atoms with Crippen molar-refractivity contribution in [2.45, 2.75) is 78.0 Å². The van der Waals surface area contributed by atoms with E-state index in [9.17, 15) is 19.5 Å². The van der Waals surface area contributed by atoms with Gasteiger partial charge in [-0.2, -0.15) is 0 Å². The van der Waals surface area contributed by atoms with Gasteiger partial charge in [-0.3, -0.25) is 9.59 Å². The summed E-state index contributed by atoms with van der Waals surface area (Å²) >= 11 is 0. The van der Waals surface area contributed by atoms with Crippen molar-refractivity contribution in [2.24, 2.45) is 0 Å². The number of ether oxygens (including phenoxy) is 1. The number of alkyl carbamates (subject to hydrolysis) is 1. The van der Waals surface area contributed by atoms with Crippen molar-refractivity contribution in [1.82, 2.24) is 16.0 Å². The third kappa shape index (κ3) is 9.65. The molecular weight excluding hydrogens is 530 g/mol. The minimum atomic E-state index is -1.00. The molecule has 1 unspecified atom stereocenters. The van der Waals surface area contributed by atoms with Crippen molar-refractivity contribution >= 4 is 17.9 Å². The van der Waals surface area contributed by atoms with Crippen molar-refractivity contribution in [2.75, 3.05) is 6.54 Å². The average Bonchev–Trinajstić information content (AvgIpc) is 2.92. The van der Waals surface area contributed by atoms with Crippen LogP contribution in [-0.4, -0.2) is 47.2 Å². The average molecular weight is 574 g/mol. The molecule has 0 saturated heterocycles. The van der Waals surface area contributed by atoms with Gasteiger partial charge in [0.2, 0.25) is 11.8 Å². The van der Waals surface area contributed by atoms with Crippen LogP contribution >= 0.6 is 0 Å². The Hall–Kier alpha value is -4.33.